The number of pyridine rings is 1. The quantitative estimate of drug-likeness (QED) is 0.265. The molecule has 0 fully saturated rings. The van der Waals surface area contributed by atoms with Gasteiger partial charge in [0.2, 0.25) is 5.91 Å². The number of aryl methyl sites for hydroxylation is 1. The van der Waals surface area contributed by atoms with Crippen molar-refractivity contribution in [2.45, 2.75) is 19.4 Å². The number of nitro benzene ring substituents is 1. The monoisotopic (exact) mass is 421 g/mol. The van der Waals surface area contributed by atoms with Gasteiger partial charge in [-0.1, -0.05) is 0 Å². The summed E-state index contributed by atoms with van der Waals surface area (Å²) in [5.41, 5.74) is 2.83. The normalized spacial score (nSPS) is 10.9. The predicted octanol–water partition coefficient (Wildman–Crippen LogP) is 3.82. The fourth-order valence-electron chi connectivity index (χ4n) is 3.20. The predicted molar refractivity (Wildman–Crippen MR) is 115 cm³/mol. The summed E-state index contributed by atoms with van der Waals surface area (Å²) in [6.45, 7) is 0.735. The Kier molecular flexibility index (Phi) is 5.80. The topological polar surface area (TPSA) is 103 Å². The SMILES string of the molecule is O=C(Cn1ccc2cc([N+](=O)[O-])ccc21)NCCCc1nc(-c2ccncc2)cs1. The van der Waals surface area contributed by atoms with Crippen molar-refractivity contribution in [2.75, 3.05) is 6.54 Å². The number of carbonyl (C=O) groups excluding carboxylic acids is 1. The Morgan fingerprint density at radius 3 is 2.83 bits per heavy atom. The lowest BCUT2D eigenvalue weighted by Gasteiger charge is -2.07. The third-order valence-corrected chi connectivity index (χ3v) is 5.61. The van der Waals surface area contributed by atoms with Gasteiger partial charge >= 0.3 is 0 Å². The van der Waals surface area contributed by atoms with Crippen molar-refractivity contribution < 1.29 is 9.72 Å². The van der Waals surface area contributed by atoms with E-state index in [9.17, 15) is 14.9 Å². The molecule has 0 aliphatic rings. The fourth-order valence-corrected chi connectivity index (χ4v) is 4.05. The van der Waals surface area contributed by atoms with Gasteiger partial charge in [0.1, 0.15) is 6.54 Å². The van der Waals surface area contributed by atoms with Crippen LogP contribution in [0.3, 0.4) is 0 Å². The minimum Gasteiger partial charge on any atom is -0.355 e. The lowest BCUT2D eigenvalue weighted by molar-refractivity contribution is -0.384. The van der Waals surface area contributed by atoms with Crippen LogP contribution in [-0.2, 0) is 17.8 Å². The van der Waals surface area contributed by atoms with Gasteiger partial charge in [0.25, 0.3) is 5.69 Å². The maximum Gasteiger partial charge on any atom is 0.270 e. The molecule has 0 aliphatic heterocycles. The number of rotatable bonds is 8. The second kappa shape index (κ2) is 8.83. The molecule has 3 heterocycles. The molecule has 0 unspecified atom stereocenters. The van der Waals surface area contributed by atoms with Gasteiger partial charge in [0, 0.05) is 65.5 Å². The first-order chi connectivity index (χ1) is 14.6. The van der Waals surface area contributed by atoms with Crippen LogP contribution < -0.4 is 5.32 Å². The van der Waals surface area contributed by atoms with Crippen molar-refractivity contribution in [3.63, 3.8) is 0 Å². The van der Waals surface area contributed by atoms with Crippen molar-refractivity contribution >= 4 is 33.8 Å². The van der Waals surface area contributed by atoms with Crippen molar-refractivity contribution in [1.82, 2.24) is 19.9 Å². The highest BCUT2D eigenvalue weighted by Crippen LogP contribution is 2.23. The Hall–Kier alpha value is -3.59. The summed E-state index contributed by atoms with van der Waals surface area (Å²) >= 11 is 1.62. The van der Waals surface area contributed by atoms with Crippen molar-refractivity contribution in [2.24, 2.45) is 0 Å². The first-order valence-corrected chi connectivity index (χ1v) is 10.3. The van der Waals surface area contributed by atoms with E-state index in [4.69, 9.17) is 0 Å². The zero-order valence-corrected chi connectivity index (χ0v) is 16.8. The largest absolute Gasteiger partial charge is 0.355 e. The van der Waals surface area contributed by atoms with Gasteiger partial charge in [0.05, 0.1) is 15.6 Å². The lowest BCUT2D eigenvalue weighted by Crippen LogP contribution is -2.28. The van der Waals surface area contributed by atoms with Crippen LogP contribution in [-0.4, -0.2) is 31.9 Å². The molecule has 1 N–H and O–H groups in total. The molecular formula is C21H19N5O3S. The first kappa shape index (κ1) is 19.7. The minimum atomic E-state index is -0.425. The number of carbonyl (C=O) groups is 1. The van der Waals surface area contributed by atoms with Crippen LogP contribution >= 0.6 is 11.3 Å². The summed E-state index contributed by atoms with van der Waals surface area (Å²) in [6, 6.07) is 10.3. The number of thiazole rings is 1. The molecule has 1 aromatic carbocycles. The summed E-state index contributed by atoms with van der Waals surface area (Å²) in [6.07, 6.45) is 6.86. The maximum absolute atomic E-state index is 12.3. The van der Waals surface area contributed by atoms with Crippen LogP contribution in [0.5, 0.6) is 0 Å². The highest BCUT2D eigenvalue weighted by atomic mass is 32.1. The molecule has 0 saturated heterocycles. The van der Waals surface area contributed by atoms with Crippen LogP contribution in [0.1, 0.15) is 11.4 Å². The Morgan fingerprint density at radius 2 is 2.03 bits per heavy atom. The van der Waals surface area contributed by atoms with Crippen LogP contribution in [0.4, 0.5) is 5.69 Å². The molecule has 8 nitrogen and oxygen atoms in total. The number of amides is 1. The van der Waals surface area contributed by atoms with Gasteiger partial charge < -0.3 is 9.88 Å². The summed E-state index contributed by atoms with van der Waals surface area (Å²) in [5.74, 6) is -0.0949. The number of hydrogen-bond acceptors (Lipinski definition) is 6. The van der Waals surface area contributed by atoms with Crippen LogP contribution in [0, 0.1) is 10.1 Å². The minimum absolute atomic E-state index is 0.0407. The Bertz CT molecular complexity index is 1190. The number of nitrogens with one attached hydrogen (secondary N) is 1. The molecule has 30 heavy (non-hydrogen) atoms. The molecule has 4 aromatic rings. The van der Waals surface area contributed by atoms with E-state index in [0.29, 0.717) is 6.54 Å². The first-order valence-electron chi connectivity index (χ1n) is 9.45. The number of benzene rings is 1. The van der Waals surface area contributed by atoms with E-state index >= 15 is 0 Å². The molecule has 0 spiro atoms. The van der Waals surface area contributed by atoms with E-state index in [-0.39, 0.29) is 18.1 Å². The lowest BCUT2D eigenvalue weighted by atomic mass is 10.2. The molecule has 0 radical (unpaired) electrons. The molecule has 4 rings (SSSR count). The van der Waals surface area contributed by atoms with Crippen molar-refractivity contribution in [3.05, 3.63) is 75.5 Å². The zero-order valence-electron chi connectivity index (χ0n) is 16.0. The smallest absolute Gasteiger partial charge is 0.270 e. The average molecular weight is 421 g/mol. The van der Waals surface area contributed by atoms with Crippen molar-refractivity contribution in [1.29, 1.82) is 0 Å². The molecule has 0 saturated carbocycles. The molecular weight excluding hydrogens is 402 g/mol. The molecule has 0 bridgehead atoms. The van der Waals surface area contributed by atoms with Crippen LogP contribution in [0.25, 0.3) is 22.2 Å². The number of aromatic nitrogens is 3. The van der Waals surface area contributed by atoms with Gasteiger partial charge in [-0.3, -0.25) is 19.9 Å². The van der Waals surface area contributed by atoms with E-state index in [2.05, 4.69) is 15.3 Å². The summed E-state index contributed by atoms with van der Waals surface area (Å²) in [4.78, 5) is 31.4. The number of nitro groups is 1. The standard InChI is InChI=1S/C21H19N5O3S/c27-20(13-25-11-7-16-12-17(26(28)29)3-4-19(16)25)23-8-1-2-21-24-18(14-30-21)15-5-9-22-10-6-15/h3-7,9-12,14H,1-2,8,13H2,(H,23,27). The molecule has 152 valence electrons. The molecule has 9 heteroatoms. The third kappa shape index (κ3) is 4.52. The van der Waals surface area contributed by atoms with Gasteiger partial charge in [-0.25, -0.2) is 4.98 Å². The average Bonchev–Trinajstić information content (AvgIpc) is 3.39. The number of hydrogen-bond donors (Lipinski definition) is 1. The molecule has 3 aromatic heterocycles. The Labute approximate surface area is 176 Å². The Balaban J connectivity index is 1.26. The van der Waals surface area contributed by atoms with E-state index in [0.717, 1.165) is 40.0 Å². The van der Waals surface area contributed by atoms with E-state index in [1.165, 1.54) is 12.1 Å². The number of fused-ring (bicyclic) bond motifs is 1. The summed E-state index contributed by atoms with van der Waals surface area (Å²) in [7, 11) is 0. The van der Waals surface area contributed by atoms with E-state index < -0.39 is 4.92 Å². The highest BCUT2D eigenvalue weighted by molar-refractivity contribution is 7.09. The second-order valence-electron chi connectivity index (χ2n) is 6.76. The zero-order chi connectivity index (χ0) is 20.9. The summed E-state index contributed by atoms with van der Waals surface area (Å²) in [5, 5.41) is 17.6. The maximum atomic E-state index is 12.3. The highest BCUT2D eigenvalue weighted by Gasteiger charge is 2.11. The Morgan fingerprint density at radius 1 is 1.20 bits per heavy atom. The van der Waals surface area contributed by atoms with Crippen molar-refractivity contribution in [3.8, 4) is 11.3 Å². The number of non-ortho nitro benzene ring substituents is 1. The van der Waals surface area contributed by atoms with E-state index in [1.54, 1.807) is 46.6 Å². The van der Waals surface area contributed by atoms with Gasteiger partial charge in [-0.15, -0.1) is 11.3 Å². The molecule has 0 atom stereocenters. The van der Waals surface area contributed by atoms with Gasteiger partial charge in [-0.05, 0) is 30.7 Å². The van der Waals surface area contributed by atoms with Gasteiger partial charge in [0.15, 0.2) is 0 Å². The molecule has 0 aliphatic carbocycles. The van der Waals surface area contributed by atoms with Gasteiger partial charge in [-0.2, -0.15) is 0 Å². The van der Waals surface area contributed by atoms with E-state index in [1.807, 2.05) is 17.5 Å². The number of nitrogens with zero attached hydrogens (tertiary/aromatic N) is 4. The summed E-state index contributed by atoms with van der Waals surface area (Å²) < 4.78 is 1.79. The van der Waals surface area contributed by atoms with Crippen LogP contribution in [0.15, 0.2) is 60.4 Å². The third-order valence-electron chi connectivity index (χ3n) is 4.70. The fraction of sp³-hybridized carbons (Fsp3) is 0.190. The molecule has 1 amide bonds. The van der Waals surface area contributed by atoms with Crippen LogP contribution in [0.2, 0.25) is 0 Å². The second-order valence-corrected chi connectivity index (χ2v) is 7.70.